The maximum atomic E-state index is 13.5. The molecule has 2 amide bonds. The predicted molar refractivity (Wildman–Crippen MR) is 145 cm³/mol. The van der Waals surface area contributed by atoms with Crippen LogP contribution in [-0.2, 0) is 24.2 Å². The first kappa shape index (κ1) is 25.6. The second kappa shape index (κ2) is 11.6. The largest absolute Gasteiger partial charge is 0.493 e. The van der Waals surface area contributed by atoms with E-state index in [9.17, 15) is 9.90 Å². The summed E-state index contributed by atoms with van der Waals surface area (Å²) in [7, 11) is 0. The Morgan fingerprint density at radius 3 is 2.87 bits per heavy atom. The van der Waals surface area contributed by atoms with Crippen molar-refractivity contribution in [1.29, 1.82) is 0 Å². The summed E-state index contributed by atoms with van der Waals surface area (Å²) in [6, 6.07) is 13.9. The van der Waals surface area contributed by atoms with Crippen molar-refractivity contribution >= 4 is 6.03 Å². The first-order chi connectivity index (χ1) is 18.5. The average Bonchev–Trinajstić information content (AvgIpc) is 3.45. The third-order valence-electron chi connectivity index (χ3n) is 7.11. The average molecular weight is 515 g/mol. The Morgan fingerprint density at radius 2 is 2.13 bits per heavy atom. The number of aryl methyl sites for hydroxylation is 2. The van der Waals surface area contributed by atoms with Crippen molar-refractivity contribution in [3.05, 3.63) is 106 Å². The highest BCUT2D eigenvalue weighted by atomic mass is 16.5. The number of aromatic nitrogens is 1. The monoisotopic (exact) mass is 514 g/mol. The summed E-state index contributed by atoms with van der Waals surface area (Å²) >= 11 is 0. The van der Waals surface area contributed by atoms with E-state index in [0.29, 0.717) is 45.0 Å². The van der Waals surface area contributed by atoms with Gasteiger partial charge in [-0.1, -0.05) is 29.8 Å². The number of carbonyl (C=O) groups excluding carboxylic acids is 1. The molecule has 0 aliphatic carbocycles. The van der Waals surface area contributed by atoms with Crippen LogP contribution in [0.2, 0.25) is 0 Å². The molecule has 8 nitrogen and oxygen atoms in total. The lowest BCUT2D eigenvalue weighted by Crippen LogP contribution is -2.47. The fraction of sp³-hybridized carbons (Fsp3) is 0.333. The van der Waals surface area contributed by atoms with Crippen LogP contribution in [0.1, 0.15) is 45.0 Å². The number of nitrogens with one attached hydrogen (secondary N) is 2. The summed E-state index contributed by atoms with van der Waals surface area (Å²) in [6.07, 6.45) is 6.62. The van der Waals surface area contributed by atoms with Gasteiger partial charge in [0.05, 0.1) is 31.5 Å². The van der Waals surface area contributed by atoms with Crippen LogP contribution < -0.4 is 15.4 Å². The molecular formula is C30H34N4O4. The molecule has 1 unspecified atom stereocenters. The molecule has 38 heavy (non-hydrogen) atoms. The molecule has 0 radical (unpaired) electrons. The summed E-state index contributed by atoms with van der Waals surface area (Å²) in [5, 5.41) is 16.3. The van der Waals surface area contributed by atoms with Gasteiger partial charge in [-0.05, 0) is 66.3 Å². The zero-order valence-electron chi connectivity index (χ0n) is 21.9. The number of nitrogens with zero attached hydrogens (tertiary/aromatic N) is 2. The SMILES string of the molecule is Cc1ccc(C2c3cc(OCCc4cccnc4)c(CO)cc3CCN2C(=O)NCC2=COCN2)c(C)c1. The number of aliphatic hydroxyl groups excluding tert-OH is 1. The maximum absolute atomic E-state index is 13.5. The summed E-state index contributed by atoms with van der Waals surface area (Å²) in [4.78, 5) is 19.6. The van der Waals surface area contributed by atoms with Crippen LogP contribution in [0.3, 0.4) is 0 Å². The van der Waals surface area contributed by atoms with Crippen molar-refractivity contribution in [2.75, 3.05) is 26.4 Å². The minimum absolute atomic E-state index is 0.113. The first-order valence-corrected chi connectivity index (χ1v) is 13.0. The number of urea groups is 1. The molecule has 3 heterocycles. The van der Waals surface area contributed by atoms with Crippen LogP contribution in [0.25, 0.3) is 0 Å². The lowest BCUT2D eigenvalue weighted by atomic mass is 9.85. The van der Waals surface area contributed by atoms with Gasteiger partial charge in [0.25, 0.3) is 0 Å². The van der Waals surface area contributed by atoms with Crippen molar-refractivity contribution in [2.24, 2.45) is 0 Å². The molecule has 2 aromatic carbocycles. The number of aliphatic hydroxyl groups is 1. The number of ether oxygens (including phenoxy) is 2. The third-order valence-corrected chi connectivity index (χ3v) is 7.11. The van der Waals surface area contributed by atoms with E-state index in [2.05, 4.69) is 47.7 Å². The van der Waals surface area contributed by atoms with Crippen LogP contribution in [-0.4, -0.2) is 47.4 Å². The molecule has 0 saturated heterocycles. The highest BCUT2D eigenvalue weighted by Gasteiger charge is 2.34. The molecule has 1 aromatic heterocycles. The van der Waals surface area contributed by atoms with E-state index in [0.717, 1.165) is 39.1 Å². The fourth-order valence-electron chi connectivity index (χ4n) is 5.16. The number of rotatable bonds is 8. The fourth-order valence-corrected chi connectivity index (χ4v) is 5.16. The van der Waals surface area contributed by atoms with Crippen molar-refractivity contribution < 1.29 is 19.4 Å². The molecule has 8 heteroatoms. The summed E-state index contributed by atoms with van der Waals surface area (Å²) in [6.45, 7) is 5.86. The Labute approximate surface area is 223 Å². The standard InChI is InChI=1S/C30H34N4O4/c1-20-5-6-26(21(2)12-20)29-27-14-28(38-11-8-22-4-3-9-31-15-22)24(17-35)13-23(27)7-10-34(29)30(36)32-16-25-18-37-19-33-25/h3-6,9,12-15,18,29,33,35H,7-8,10-11,16-17,19H2,1-2H3,(H,32,36). The number of carbonyl (C=O) groups is 1. The first-order valence-electron chi connectivity index (χ1n) is 13.0. The summed E-state index contributed by atoms with van der Waals surface area (Å²) in [5.74, 6) is 0.643. The van der Waals surface area contributed by atoms with E-state index in [-0.39, 0.29) is 18.7 Å². The van der Waals surface area contributed by atoms with Crippen LogP contribution in [0.15, 0.2) is 66.8 Å². The van der Waals surface area contributed by atoms with Gasteiger partial charge >= 0.3 is 6.03 Å². The van der Waals surface area contributed by atoms with Gasteiger partial charge in [-0.25, -0.2) is 4.79 Å². The lowest BCUT2D eigenvalue weighted by molar-refractivity contribution is 0.180. The van der Waals surface area contributed by atoms with E-state index in [1.54, 1.807) is 12.5 Å². The van der Waals surface area contributed by atoms with Gasteiger partial charge in [-0.3, -0.25) is 4.98 Å². The van der Waals surface area contributed by atoms with Gasteiger partial charge in [-0.15, -0.1) is 0 Å². The zero-order valence-corrected chi connectivity index (χ0v) is 21.9. The number of pyridine rings is 1. The third kappa shape index (κ3) is 5.60. The molecule has 1 atom stereocenters. The van der Waals surface area contributed by atoms with E-state index in [4.69, 9.17) is 9.47 Å². The molecule has 2 aliphatic rings. The molecule has 3 N–H and O–H groups in total. The molecule has 3 aromatic rings. The van der Waals surface area contributed by atoms with Crippen LogP contribution >= 0.6 is 0 Å². The van der Waals surface area contributed by atoms with Crippen molar-refractivity contribution in [3.63, 3.8) is 0 Å². The van der Waals surface area contributed by atoms with Gasteiger partial charge in [0.15, 0.2) is 6.73 Å². The van der Waals surface area contributed by atoms with Gasteiger partial charge in [-0.2, -0.15) is 0 Å². The van der Waals surface area contributed by atoms with Crippen LogP contribution in [0.5, 0.6) is 5.75 Å². The number of hydrogen-bond acceptors (Lipinski definition) is 6. The van der Waals surface area contributed by atoms with Gasteiger partial charge in [0.2, 0.25) is 0 Å². The number of amides is 2. The van der Waals surface area contributed by atoms with Crippen molar-refractivity contribution in [2.45, 2.75) is 39.3 Å². The Hall–Kier alpha value is -4.04. The minimum Gasteiger partial charge on any atom is -0.493 e. The minimum atomic E-state index is -0.283. The molecule has 5 rings (SSSR count). The van der Waals surface area contributed by atoms with Crippen molar-refractivity contribution in [1.82, 2.24) is 20.5 Å². The zero-order chi connectivity index (χ0) is 26.5. The summed E-state index contributed by atoms with van der Waals surface area (Å²) < 4.78 is 11.4. The Morgan fingerprint density at radius 1 is 1.24 bits per heavy atom. The number of fused-ring (bicyclic) bond motifs is 1. The highest BCUT2D eigenvalue weighted by molar-refractivity contribution is 5.76. The van der Waals surface area contributed by atoms with Crippen LogP contribution in [0.4, 0.5) is 4.79 Å². The predicted octanol–water partition coefficient (Wildman–Crippen LogP) is 3.89. The highest BCUT2D eigenvalue weighted by Crippen LogP contribution is 2.40. The van der Waals surface area contributed by atoms with E-state index < -0.39 is 0 Å². The molecule has 198 valence electrons. The second-order valence-electron chi connectivity index (χ2n) is 9.77. The number of benzene rings is 2. The molecule has 0 spiro atoms. The maximum Gasteiger partial charge on any atom is 0.318 e. The Balaban J connectivity index is 1.46. The Bertz CT molecular complexity index is 1330. The van der Waals surface area contributed by atoms with Crippen LogP contribution in [0, 0.1) is 13.8 Å². The number of hydrogen-bond donors (Lipinski definition) is 3. The smallest absolute Gasteiger partial charge is 0.318 e. The molecule has 0 saturated carbocycles. The molecule has 0 fully saturated rings. The Kier molecular flexibility index (Phi) is 7.79. The quantitative estimate of drug-likeness (QED) is 0.422. The topological polar surface area (TPSA) is 96.0 Å². The molecular weight excluding hydrogens is 480 g/mol. The molecule has 2 aliphatic heterocycles. The van der Waals surface area contributed by atoms with Crippen molar-refractivity contribution in [3.8, 4) is 5.75 Å². The van der Waals surface area contributed by atoms with E-state index in [1.165, 1.54) is 5.56 Å². The van der Waals surface area contributed by atoms with E-state index >= 15 is 0 Å². The lowest BCUT2D eigenvalue weighted by Gasteiger charge is -2.39. The molecule has 0 bridgehead atoms. The normalized spacial score (nSPS) is 16.2. The van der Waals surface area contributed by atoms with Gasteiger partial charge in [0, 0.05) is 30.9 Å². The summed E-state index contributed by atoms with van der Waals surface area (Å²) in [5.41, 5.74) is 8.20. The van der Waals surface area contributed by atoms with E-state index in [1.807, 2.05) is 35.4 Å². The van der Waals surface area contributed by atoms with Gasteiger partial charge in [0.1, 0.15) is 12.0 Å². The second-order valence-corrected chi connectivity index (χ2v) is 9.77. The van der Waals surface area contributed by atoms with Gasteiger partial charge < -0.3 is 30.1 Å².